The molecule has 1 N–H and O–H groups in total. The number of nitro groups is 1. The molecule has 0 aliphatic carbocycles. The molecule has 90 valence electrons. The highest BCUT2D eigenvalue weighted by molar-refractivity contribution is 5.82. The van der Waals surface area contributed by atoms with E-state index in [1.165, 1.54) is 12.5 Å². The first kappa shape index (κ1) is 11.6. The van der Waals surface area contributed by atoms with Crippen LogP contribution >= 0.6 is 0 Å². The van der Waals surface area contributed by atoms with Crippen LogP contribution in [0.2, 0.25) is 0 Å². The average Bonchev–Trinajstić information content (AvgIpc) is 2.38. The van der Waals surface area contributed by atoms with Gasteiger partial charge in [0.1, 0.15) is 0 Å². The maximum atomic E-state index is 10.6. The summed E-state index contributed by atoms with van der Waals surface area (Å²) in [7, 11) is 0. The Morgan fingerprint density at radius 3 is 3.00 bits per heavy atom. The summed E-state index contributed by atoms with van der Waals surface area (Å²) in [5.74, 6) is 1.02. The van der Waals surface area contributed by atoms with Gasteiger partial charge in [-0.05, 0) is 18.4 Å². The number of hydrogen-bond acceptors (Lipinski definition) is 4. The highest BCUT2D eigenvalue weighted by Gasteiger charge is 2.07. The quantitative estimate of drug-likeness (QED) is 0.643. The molecule has 1 heterocycles. The van der Waals surface area contributed by atoms with E-state index in [0.29, 0.717) is 6.54 Å². The molecule has 5 heteroatoms. The number of amidine groups is 1. The molecule has 1 aromatic rings. The molecule has 0 bridgehead atoms. The number of hydrogen-bond donors (Lipinski definition) is 1. The van der Waals surface area contributed by atoms with Gasteiger partial charge in [-0.2, -0.15) is 0 Å². The number of aliphatic imine (C=N–C) groups is 1. The maximum absolute atomic E-state index is 10.6. The lowest BCUT2D eigenvalue weighted by atomic mass is 10.1. The smallest absolute Gasteiger partial charge is 0.269 e. The Morgan fingerprint density at radius 2 is 2.29 bits per heavy atom. The Kier molecular flexibility index (Phi) is 3.69. The molecule has 0 amide bonds. The second-order valence-electron chi connectivity index (χ2n) is 4.07. The van der Waals surface area contributed by atoms with Crippen molar-refractivity contribution in [1.29, 1.82) is 0 Å². The monoisotopic (exact) mass is 233 g/mol. The van der Waals surface area contributed by atoms with Crippen LogP contribution in [0.3, 0.4) is 0 Å². The molecule has 0 unspecified atom stereocenters. The molecule has 1 aliphatic rings. The molecule has 0 fully saturated rings. The van der Waals surface area contributed by atoms with Gasteiger partial charge in [-0.1, -0.05) is 12.1 Å². The Labute approximate surface area is 99.7 Å². The van der Waals surface area contributed by atoms with Gasteiger partial charge in [0, 0.05) is 31.6 Å². The molecule has 0 radical (unpaired) electrons. The molecular formula is C12H15N3O2. The summed E-state index contributed by atoms with van der Waals surface area (Å²) in [6, 6.07) is 6.68. The van der Waals surface area contributed by atoms with E-state index in [4.69, 9.17) is 0 Å². The number of non-ortho nitro benzene ring substituents is 1. The van der Waals surface area contributed by atoms with E-state index in [1.807, 2.05) is 6.07 Å². The maximum Gasteiger partial charge on any atom is 0.269 e. The van der Waals surface area contributed by atoms with Crippen molar-refractivity contribution in [2.45, 2.75) is 25.8 Å². The largest absolute Gasteiger partial charge is 0.370 e. The van der Waals surface area contributed by atoms with E-state index in [0.717, 1.165) is 30.8 Å². The standard InChI is InChI=1S/C12H15N3O2/c16-15(17)11-5-3-4-10(8-11)9-14-12-6-1-2-7-13-12/h3-5,8H,1-2,6-7,9H2,(H,13,14). The topological polar surface area (TPSA) is 67.5 Å². The fraction of sp³-hybridized carbons (Fsp3) is 0.417. The lowest BCUT2D eigenvalue weighted by Gasteiger charge is -2.13. The fourth-order valence-corrected chi connectivity index (χ4v) is 1.83. The van der Waals surface area contributed by atoms with Crippen LogP contribution in [0.1, 0.15) is 24.8 Å². The SMILES string of the molecule is O=[N+]([O-])c1cccc(CNC2=NCCCC2)c1. The van der Waals surface area contributed by atoms with Crippen LogP contribution in [-0.2, 0) is 6.54 Å². The van der Waals surface area contributed by atoms with Gasteiger partial charge in [0.25, 0.3) is 5.69 Å². The molecule has 0 atom stereocenters. The third kappa shape index (κ3) is 3.27. The number of nitrogens with one attached hydrogen (secondary N) is 1. The van der Waals surface area contributed by atoms with Crippen LogP contribution in [0.5, 0.6) is 0 Å². The third-order valence-corrected chi connectivity index (χ3v) is 2.74. The molecule has 0 saturated carbocycles. The number of rotatable bonds is 3. The van der Waals surface area contributed by atoms with Crippen molar-refractivity contribution in [3.05, 3.63) is 39.9 Å². The molecule has 17 heavy (non-hydrogen) atoms. The predicted molar refractivity (Wildman–Crippen MR) is 66.1 cm³/mol. The van der Waals surface area contributed by atoms with Crippen molar-refractivity contribution in [3.63, 3.8) is 0 Å². The van der Waals surface area contributed by atoms with Gasteiger partial charge < -0.3 is 5.32 Å². The summed E-state index contributed by atoms with van der Waals surface area (Å²) in [5.41, 5.74) is 1.04. The Bertz CT molecular complexity index is 443. The van der Waals surface area contributed by atoms with E-state index in [2.05, 4.69) is 10.3 Å². The molecule has 2 rings (SSSR count). The summed E-state index contributed by atoms with van der Waals surface area (Å²) in [6.45, 7) is 1.48. The summed E-state index contributed by atoms with van der Waals surface area (Å²) < 4.78 is 0. The highest BCUT2D eigenvalue weighted by atomic mass is 16.6. The van der Waals surface area contributed by atoms with E-state index in [9.17, 15) is 10.1 Å². The minimum absolute atomic E-state index is 0.134. The summed E-state index contributed by atoms with van der Waals surface area (Å²) >= 11 is 0. The van der Waals surface area contributed by atoms with Gasteiger partial charge in [0.15, 0.2) is 0 Å². The van der Waals surface area contributed by atoms with Crippen molar-refractivity contribution in [1.82, 2.24) is 5.32 Å². The third-order valence-electron chi connectivity index (χ3n) is 2.74. The molecule has 5 nitrogen and oxygen atoms in total. The minimum atomic E-state index is -0.373. The van der Waals surface area contributed by atoms with E-state index < -0.39 is 0 Å². The normalized spacial score (nSPS) is 15.2. The number of benzene rings is 1. The van der Waals surface area contributed by atoms with Gasteiger partial charge in [-0.3, -0.25) is 15.1 Å². The molecule has 0 aromatic heterocycles. The lowest BCUT2D eigenvalue weighted by Crippen LogP contribution is -2.25. The van der Waals surface area contributed by atoms with Crippen molar-refractivity contribution in [3.8, 4) is 0 Å². The van der Waals surface area contributed by atoms with Crippen LogP contribution in [0.15, 0.2) is 29.3 Å². The van der Waals surface area contributed by atoms with Gasteiger partial charge in [0.2, 0.25) is 0 Å². The first-order chi connectivity index (χ1) is 8.25. The van der Waals surface area contributed by atoms with Crippen molar-refractivity contribution in [2.24, 2.45) is 4.99 Å². The molecule has 1 aliphatic heterocycles. The second kappa shape index (κ2) is 5.43. The van der Waals surface area contributed by atoms with Crippen molar-refractivity contribution < 1.29 is 4.92 Å². The lowest BCUT2D eigenvalue weighted by molar-refractivity contribution is -0.384. The van der Waals surface area contributed by atoms with Gasteiger partial charge in [-0.15, -0.1) is 0 Å². The number of nitro benzene ring substituents is 1. The first-order valence-electron chi connectivity index (χ1n) is 5.76. The molecular weight excluding hydrogens is 218 g/mol. The molecule has 1 aromatic carbocycles. The summed E-state index contributed by atoms with van der Waals surface area (Å²) in [4.78, 5) is 14.6. The zero-order valence-corrected chi connectivity index (χ0v) is 9.56. The van der Waals surface area contributed by atoms with E-state index in [-0.39, 0.29) is 10.6 Å². The Hall–Kier alpha value is -1.91. The average molecular weight is 233 g/mol. The second-order valence-corrected chi connectivity index (χ2v) is 4.07. The Morgan fingerprint density at radius 1 is 1.41 bits per heavy atom. The van der Waals surface area contributed by atoms with Crippen molar-refractivity contribution >= 4 is 11.5 Å². The molecule has 0 spiro atoms. The van der Waals surface area contributed by atoms with E-state index >= 15 is 0 Å². The van der Waals surface area contributed by atoms with Crippen LogP contribution in [-0.4, -0.2) is 17.3 Å². The van der Waals surface area contributed by atoms with Crippen molar-refractivity contribution in [2.75, 3.05) is 6.54 Å². The highest BCUT2D eigenvalue weighted by Crippen LogP contribution is 2.13. The van der Waals surface area contributed by atoms with Crippen LogP contribution in [0, 0.1) is 10.1 Å². The summed E-state index contributed by atoms with van der Waals surface area (Å²) in [5, 5.41) is 13.9. The zero-order chi connectivity index (χ0) is 12.1. The predicted octanol–water partition coefficient (Wildman–Crippen LogP) is 2.27. The minimum Gasteiger partial charge on any atom is -0.370 e. The van der Waals surface area contributed by atoms with Gasteiger partial charge >= 0.3 is 0 Å². The van der Waals surface area contributed by atoms with Crippen LogP contribution < -0.4 is 5.32 Å². The van der Waals surface area contributed by atoms with Crippen LogP contribution in [0.4, 0.5) is 5.69 Å². The Balaban J connectivity index is 1.96. The van der Waals surface area contributed by atoms with Gasteiger partial charge in [0.05, 0.1) is 10.8 Å². The van der Waals surface area contributed by atoms with Gasteiger partial charge in [-0.25, -0.2) is 0 Å². The number of nitrogens with zero attached hydrogens (tertiary/aromatic N) is 2. The van der Waals surface area contributed by atoms with Crippen LogP contribution in [0.25, 0.3) is 0 Å². The summed E-state index contributed by atoms with van der Waals surface area (Å²) in [6.07, 6.45) is 3.30. The fourth-order valence-electron chi connectivity index (χ4n) is 1.83. The van der Waals surface area contributed by atoms with E-state index in [1.54, 1.807) is 12.1 Å². The first-order valence-corrected chi connectivity index (χ1v) is 5.76. The molecule has 0 saturated heterocycles. The zero-order valence-electron chi connectivity index (χ0n) is 9.56.